The van der Waals surface area contributed by atoms with Crippen molar-refractivity contribution >= 4 is 17.3 Å². The second kappa shape index (κ2) is 5.39. The van der Waals surface area contributed by atoms with E-state index >= 15 is 0 Å². The minimum absolute atomic E-state index is 0.385. The van der Waals surface area contributed by atoms with Gasteiger partial charge in [-0.3, -0.25) is 4.79 Å². The van der Waals surface area contributed by atoms with Crippen molar-refractivity contribution in [1.82, 2.24) is 0 Å². The maximum atomic E-state index is 13.1. The minimum atomic E-state index is -4.33. The van der Waals surface area contributed by atoms with Gasteiger partial charge in [0.15, 0.2) is 0 Å². The van der Waals surface area contributed by atoms with Crippen molar-refractivity contribution in [1.29, 1.82) is 0 Å². The molecule has 0 aliphatic heterocycles. The smallest absolute Gasteiger partial charge is 0.417 e. The quantitative estimate of drug-likeness (QED) is 0.879. The molecule has 1 N–H and O–H groups in total. The normalized spacial score (nSPS) is 27.5. The number of carboxylic acids is 1. The number of carboxylic acid groups (broad SMARTS) is 1. The van der Waals surface area contributed by atoms with Gasteiger partial charge >= 0.3 is 12.1 Å². The molecule has 1 aliphatic rings. The summed E-state index contributed by atoms with van der Waals surface area (Å²) in [6.07, 6.45) is -1.77. The number of alkyl halides is 3. The second-order valence-corrected chi connectivity index (χ2v) is 6.32. The van der Waals surface area contributed by atoms with Crippen molar-refractivity contribution in [3.63, 3.8) is 0 Å². The SMILES string of the molecule is CCC1(c2sccc2C(F)(F)F)CCC(C(=O)O)CC1. The first-order valence-electron chi connectivity index (χ1n) is 6.68. The summed E-state index contributed by atoms with van der Waals surface area (Å²) >= 11 is 1.15. The van der Waals surface area contributed by atoms with Crippen LogP contribution in [0.15, 0.2) is 11.4 Å². The molecule has 1 aromatic rings. The Morgan fingerprint density at radius 3 is 2.50 bits per heavy atom. The fraction of sp³-hybridized carbons (Fsp3) is 0.643. The lowest BCUT2D eigenvalue weighted by atomic mass is 9.67. The maximum Gasteiger partial charge on any atom is 0.417 e. The predicted molar refractivity (Wildman–Crippen MR) is 70.9 cm³/mol. The molecular formula is C14H17F3O2S. The zero-order chi connectivity index (χ0) is 15.0. The lowest BCUT2D eigenvalue weighted by molar-refractivity contribution is -0.144. The summed E-state index contributed by atoms with van der Waals surface area (Å²) in [5.74, 6) is -1.25. The van der Waals surface area contributed by atoms with Crippen molar-refractivity contribution in [2.45, 2.75) is 50.6 Å². The van der Waals surface area contributed by atoms with Gasteiger partial charge in [0.05, 0.1) is 11.5 Å². The van der Waals surface area contributed by atoms with Gasteiger partial charge in [-0.1, -0.05) is 6.92 Å². The Hall–Kier alpha value is -1.04. The summed E-state index contributed by atoms with van der Waals surface area (Å²) < 4.78 is 39.2. The largest absolute Gasteiger partial charge is 0.481 e. The zero-order valence-electron chi connectivity index (χ0n) is 11.2. The zero-order valence-corrected chi connectivity index (χ0v) is 12.0. The summed E-state index contributed by atoms with van der Waals surface area (Å²) in [5.41, 5.74) is -1.05. The fourth-order valence-electron chi connectivity index (χ4n) is 3.10. The molecule has 0 atom stereocenters. The van der Waals surface area contributed by atoms with Crippen molar-refractivity contribution in [3.8, 4) is 0 Å². The summed E-state index contributed by atoms with van der Waals surface area (Å²) in [5, 5.41) is 10.5. The predicted octanol–water partition coefficient (Wildman–Crippen LogP) is 4.69. The van der Waals surface area contributed by atoms with Crippen LogP contribution in [0.1, 0.15) is 49.5 Å². The van der Waals surface area contributed by atoms with Gasteiger partial charge in [0.1, 0.15) is 0 Å². The second-order valence-electron chi connectivity index (χ2n) is 5.41. The highest BCUT2D eigenvalue weighted by Gasteiger charge is 2.44. The van der Waals surface area contributed by atoms with Crippen LogP contribution in [0.25, 0.3) is 0 Å². The summed E-state index contributed by atoms with van der Waals surface area (Å²) in [7, 11) is 0. The first-order chi connectivity index (χ1) is 9.30. The fourth-order valence-corrected chi connectivity index (χ4v) is 4.35. The monoisotopic (exact) mass is 306 g/mol. The lowest BCUT2D eigenvalue weighted by Crippen LogP contribution is -2.34. The Balaban J connectivity index is 2.30. The van der Waals surface area contributed by atoms with E-state index in [0.717, 1.165) is 17.4 Å². The molecule has 20 heavy (non-hydrogen) atoms. The summed E-state index contributed by atoms with van der Waals surface area (Å²) in [6, 6.07) is 1.14. The molecule has 0 saturated heterocycles. The number of hydrogen-bond acceptors (Lipinski definition) is 2. The molecule has 1 fully saturated rings. The molecule has 0 bridgehead atoms. The third kappa shape index (κ3) is 2.71. The van der Waals surface area contributed by atoms with Crippen LogP contribution in [0, 0.1) is 5.92 Å². The number of carbonyl (C=O) groups is 1. The molecule has 2 nitrogen and oxygen atoms in total. The van der Waals surface area contributed by atoms with Gasteiger partial charge < -0.3 is 5.11 Å². The van der Waals surface area contributed by atoms with Crippen LogP contribution >= 0.6 is 11.3 Å². The van der Waals surface area contributed by atoms with Crippen LogP contribution in [0.2, 0.25) is 0 Å². The van der Waals surface area contributed by atoms with E-state index in [4.69, 9.17) is 5.11 Å². The van der Waals surface area contributed by atoms with Gasteiger partial charge in [-0.15, -0.1) is 11.3 Å². The van der Waals surface area contributed by atoms with Gasteiger partial charge in [0.25, 0.3) is 0 Å². The molecule has 2 rings (SSSR count). The number of rotatable bonds is 3. The molecular weight excluding hydrogens is 289 g/mol. The molecule has 1 aromatic heterocycles. The number of halogens is 3. The van der Waals surface area contributed by atoms with E-state index in [9.17, 15) is 18.0 Å². The average Bonchev–Trinajstić information content (AvgIpc) is 2.88. The van der Waals surface area contributed by atoms with Crippen molar-refractivity contribution in [3.05, 3.63) is 21.9 Å². The van der Waals surface area contributed by atoms with Gasteiger partial charge in [0.2, 0.25) is 0 Å². The van der Waals surface area contributed by atoms with Gasteiger partial charge in [-0.2, -0.15) is 13.2 Å². The molecule has 0 amide bonds. The third-order valence-electron chi connectivity index (χ3n) is 4.42. The van der Waals surface area contributed by atoms with E-state index in [1.807, 2.05) is 6.92 Å². The molecule has 112 valence electrons. The van der Waals surface area contributed by atoms with Crippen LogP contribution < -0.4 is 0 Å². The Bertz CT molecular complexity index is 485. The highest BCUT2D eigenvalue weighted by Crippen LogP contribution is 2.50. The molecule has 1 saturated carbocycles. The van der Waals surface area contributed by atoms with Crippen LogP contribution in [0.5, 0.6) is 0 Å². The van der Waals surface area contributed by atoms with Crippen LogP contribution in [-0.2, 0) is 16.4 Å². The highest BCUT2D eigenvalue weighted by atomic mass is 32.1. The topological polar surface area (TPSA) is 37.3 Å². The molecule has 0 aromatic carbocycles. The van der Waals surface area contributed by atoms with Crippen molar-refractivity contribution in [2.24, 2.45) is 5.92 Å². The van der Waals surface area contributed by atoms with E-state index in [0.29, 0.717) is 37.0 Å². The first-order valence-corrected chi connectivity index (χ1v) is 7.56. The maximum absolute atomic E-state index is 13.1. The van der Waals surface area contributed by atoms with E-state index in [-0.39, 0.29) is 0 Å². The average molecular weight is 306 g/mol. The summed E-state index contributed by atoms with van der Waals surface area (Å²) in [4.78, 5) is 11.4. The number of aliphatic carboxylic acids is 1. The molecule has 0 unspecified atom stereocenters. The van der Waals surface area contributed by atoms with E-state index in [1.165, 1.54) is 5.38 Å². The molecule has 0 radical (unpaired) electrons. The Morgan fingerprint density at radius 2 is 2.05 bits per heavy atom. The van der Waals surface area contributed by atoms with Crippen LogP contribution in [0.4, 0.5) is 13.2 Å². The van der Waals surface area contributed by atoms with Gasteiger partial charge in [0, 0.05) is 10.3 Å². The molecule has 1 heterocycles. The Kier molecular flexibility index (Phi) is 4.14. The van der Waals surface area contributed by atoms with Crippen LogP contribution in [-0.4, -0.2) is 11.1 Å². The molecule has 6 heteroatoms. The number of thiophene rings is 1. The van der Waals surface area contributed by atoms with Crippen molar-refractivity contribution in [2.75, 3.05) is 0 Å². The van der Waals surface area contributed by atoms with E-state index < -0.39 is 29.0 Å². The Morgan fingerprint density at radius 1 is 1.45 bits per heavy atom. The number of hydrogen-bond donors (Lipinski definition) is 1. The minimum Gasteiger partial charge on any atom is -0.481 e. The van der Waals surface area contributed by atoms with Crippen molar-refractivity contribution < 1.29 is 23.1 Å². The highest BCUT2D eigenvalue weighted by molar-refractivity contribution is 7.10. The molecule has 1 aliphatic carbocycles. The summed E-state index contributed by atoms with van der Waals surface area (Å²) in [6.45, 7) is 1.89. The molecule has 0 spiro atoms. The Labute approximate surface area is 119 Å². The van der Waals surface area contributed by atoms with E-state index in [1.54, 1.807) is 0 Å². The standard InChI is InChI=1S/C14H17F3O2S/c1-2-13(6-3-9(4-7-13)12(18)19)11-10(5-8-20-11)14(15,16)17/h5,8-9H,2-4,6-7H2,1H3,(H,18,19). The van der Waals surface area contributed by atoms with E-state index in [2.05, 4.69) is 0 Å². The lowest BCUT2D eigenvalue weighted by Gasteiger charge is -2.39. The van der Waals surface area contributed by atoms with Crippen LogP contribution in [0.3, 0.4) is 0 Å². The first kappa shape index (κ1) is 15.4. The van der Waals surface area contributed by atoms with Gasteiger partial charge in [-0.05, 0) is 43.6 Å². The third-order valence-corrected chi connectivity index (χ3v) is 5.58. The van der Waals surface area contributed by atoms with Gasteiger partial charge in [-0.25, -0.2) is 0 Å².